The van der Waals surface area contributed by atoms with Crippen LogP contribution in [0.5, 0.6) is 0 Å². The van der Waals surface area contributed by atoms with E-state index in [1.807, 2.05) is 18.4 Å². The van der Waals surface area contributed by atoms with Gasteiger partial charge in [0.15, 0.2) is 0 Å². The van der Waals surface area contributed by atoms with Crippen LogP contribution in [0.25, 0.3) is 0 Å². The third-order valence-electron chi connectivity index (χ3n) is 1.73. The molecule has 1 atom stereocenters. The van der Waals surface area contributed by atoms with Crippen LogP contribution in [0.3, 0.4) is 0 Å². The van der Waals surface area contributed by atoms with Crippen molar-refractivity contribution in [2.45, 2.75) is 32.3 Å². The van der Waals surface area contributed by atoms with Crippen LogP contribution in [-0.2, 0) is 5.60 Å². The maximum Gasteiger partial charge on any atom is 0.105 e. The molecule has 0 saturated carbocycles. The van der Waals surface area contributed by atoms with E-state index in [1.54, 1.807) is 0 Å². The molecule has 0 aliphatic rings. The van der Waals surface area contributed by atoms with Gasteiger partial charge in [-0.2, -0.15) is 4.37 Å². The van der Waals surface area contributed by atoms with Crippen LogP contribution in [-0.4, -0.2) is 9.48 Å². The van der Waals surface area contributed by atoms with Gasteiger partial charge >= 0.3 is 0 Å². The zero-order valence-corrected chi connectivity index (χ0v) is 7.69. The highest BCUT2D eigenvalue weighted by Crippen LogP contribution is 2.24. The fraction of sp³-hybridized carbons (Fsp3) is 0.625. The van der Waals surface area contributed by atoms with Gasteiger partial charge in [0.05, 0.1) is 5.69 Å². The number of hydrogen-bond donors (Lipinski definition) is 1. The molecule has 2 nitrogen and oxygen atoms in total. The standard InChI is InChI=1S/C8H13NOS/c1-3-5-8(2,10)7-4-6-11-9-7/h4,6,10H,3,5H2,1-2H3. The van der Waals surface area contributed by atoms with Crippen LogP contribution in [0.15, 0.2) is 11.4 Å². The van der Waals surface area contributed by atoms with Gasteiger partial charge in [-0.3, -0.25) is 0 Å². The molecule has 1 heterocycles. The first-order valence-corrected chi connectivity index (χ1v) is 4.63. The van der Waals surface area contributed by atoms with E-state index in [4.69, 9.17) is 0 Å². The van der Waals surface area contributed by atoms with Crippen molar-refractivity contribution in [3.8, 4) is 0 Å². The highest BCUT2D eigenvalue weighted by molar-refractivity contribution is 7.03. The van der Waals surface area contributed by atoms with Gasteiger partial charge in [-0.1, -0.05) is 13.3 Å². The molecular formula is C8H13NOS. The molecule has 1 aromatic heterocycles. The Morgan fingerprint density at radius 1 is 1.73 bits per heavy atom. The van der Waals surface area contributed by atoms with Gasteiger partial charge in [-0.05, 0) is 30.9 Å². The third-order valence-corrected chi connectivity index (χ3v) is 2.29. The predicted octanol–water partition coefficient (Wildman–Crippen LogP) is 2.15. The zero-order valence-electron chi connectivity index (χ0n) is 6.87. The molecule has 11 heavy (non-hydrogen) atoms. The number of aromatic nitrogens is 1. The van der Waals surface area contributed by atoms with Crippen molar-refractivity contribution in [3.05, 3.63) is 17.1 Å². The number of nitrogens with zero attached hydrogens (tertiary/aromatic N) is 1. The van der Waals surface area contributed by atoms with E-state index >= 15 is 0 Å². The van der Waals surface area contributed by atoms with Crippen molar-refractivity contribution in [2.75, 3.05) is 0 Å². The Hall–Kier alpha value is -0.410. The van der Waals surface area contributed by atoms with Crippen LogP contribution in [0.1, 0.15) is 32.4 Å². The first-order chi connectivity index (χ1) is 5.17. The Labute approximate surface area is 71.1 Å². The molecule has 1 aromatic rings. The summed E-state index contributed by atoms with van der Waals surface area (Å²) < 4.78 is 4.10. The van der Waals surface area contributed by atoms with Gasteiger partial charge in [0.1, 0.15) is 5.60 Å². The lowest BCUT2D eigenvalue weighted by molar-refractivity contribution is 0.0435. The molecule has 0 aliphatic carbocycles. The lowest BCUT2D eigenvalue weighted by Crippen LogP contribution is -2.20. The van der Waals surface area contributed by atoms with Gasteiger partial charge in [-0.25, -0.2) is 0 Å². The molecule has 1 N–H and O–H groups in total. The number of rotatable bonds is 3. The van der Waals surface area contributed by atoms with Gasteiger partial charge in [0, 0.05) is 5.38 Å². The summed E-state index contributed by atoms with van der Waals surface area (Å²) >= 11 is 1.38. The normalized spacial score (nSPS) is 16.3. The average Bonchev–Trinajstić information content (AvgIpc) is 2.37. The minimum atomic E-state index is -0.727. The quantitative estimate of drug-likeness (QED) is 0.756. The summed E-state index contributed by atoms with van der Waals surface area (Å²) in [6, 6.07) is 1.88. The highest BCUT2D eigenvalue weighted by Gasteiger charge is 2.23. The van der Waals surface area contributed by atoms with Gasteiger partial charge in [0.25, 0.3) is 0 Å². The summed E-state index contributed by atoms with van der Waals surface area (Å²) in [6.07, 6.45) is 1.75. The van der Waals surface area contributed by atoms with E-state index in [0.29, 0.717) is 0 Å². The van der Waals surface area contributed by atoms with Crippen LogP contribution in [0, 0.1) is 0 Å². The second kappa shape index (κ2) is 3.32. The second-order valence-electron chi connectivity index (χ2n) is 2.91. The summed E-state index contributed by atoms with van der Waals surface area (Å²) in [7, 11) is 0. The van der Waals surface area contributed by atoms with E-state index < -0.39 is 5.60 Å². The Kier molecular flexibility index (Phi) is 2.62. The van der Waals surface area contributed by atoms with E-state index in [0.717, 1.165) is 18.5 Å². The van der Waals surface area contributed by atoms with Gasteiger partial charge < -0.3 is 5.11 Å². The average molecular weight is 171 g/mol. The lowest BCUT2D eigenvalue weighted by Gasteiger charge is -2.19. The molecule has 1 rings (SSSR count). The SMILES string of the molecule is CCCC(C)(O)c1ccsn1. The molecule has 0 fully saturated rings. The summed E-state index contributed by atoms with van der Waals surface area (Å²) in [5.74, 6) is 0. The summed E-state index contributed by atoms with van der Waals surface area (Å²) in [4.78, 5) is 0. The zero-order chi connectivity index (χ0) is 8.32. The predicted molar refractivity (Wildman–Crippen MR) is 46.6 cm³/mol. The van der Waals surface area contributed by atoms with Crippen LogP contribution < -0.4 is 0 Å². The van der Waals surface area contributed by atoms with Crippen molar-refractivity contribution >= 4 is 11.5 Å². The summed E-state index contributed by atoms with van der Waals surface area (Å²) in [5, 5.41) is 11.7. The monoisotopic (exact) mass is 171 g/mol. The summed E-state index contributed by atoms with van der Waals surface area (Å²) in [6.45, 7) is 3.87. The Morgan fingerprint density at radius 2 is 2.45 bits per heavy atom. The molecule has 0 saturated heterocycles. The molecule has 0 aromatic carbocycles. The van der Waals surface area contributed by atoms with Crippen molar-refractivity contribution in [1.29, 1.82) is 0 Å². The first-order valence-electron chi connectivity index (χ1n) is 3.80. The maximum atomic E-state index is 9.82. The molecule has 1 unspecified atom stereocenters. The van der Waals surface area contributed by atoms with Crippen molar-refractivity contribution in [2.24, 2.45) is 0 Å². The first kappa shape index (κ1) is 8.68. The minimum absolute atomic E-state index is 0.727. The third kappa shape index (κ3) is 2.01. The Bertz CT molecular complexity index is 206. The van der Waals surface area contributed by atoms with Crippen molar-refractivity contribution in [1.82, 2.24) is 4.37 Å². The molecule has 0 bridgehead atoms. The van der Waals surface area contributed by atoms with Crippen LogP contribution in [0.2, 0.25) is 0 Å². The fourth-order valence-electron chi connectivity index (χ4n) is 1.11. The second-order valence-corrected chi connectivity index (χ2v) is 3.57. The topological polar surface area (TPSA) is 33.1 Å². The van der Waals surface area contributed by atoms with E-state index in [9.17, 15) is 5.11 Å². The molecule has 3 heteroatoms. The molecular weight excluding hydrogens is 158 g/mol. The number of aliphatic hydroxyl groups is 1. The smallest absolute Gasteiger partial charge is 0.105 e. The molecule has 62 valence electrons. The van der Waals surface area contributed by atoms with Crippen LogP contribution in [0.4, 0.5) is 0 Å². The van der Waals surface area contributed by atoms with E-state index in [1.165, 1.54) is 11.5 Å². The molecule has 0 aliphatic heterocycles. The summed E-state index contributed by atoms with van der Waals surface area (Å²) in [5.41, 5.74) is 0.0683. The fourth-order valence-corrected chi connectivity index (χ4v) is 1.73. The number of hydrogen-bond acceptors (Lipinski definition) is 3. The lowest BCUT2D eigenvalue weighted by atomic mass is 9.97. The molecule has 0 amide bonds. The highest BCUT2D eigenvalue weighted by atomic mass is 32.1. The minimum Gasteiger partial charge on any atom is -0.384 e. The van der Waals surface area contributed by atoms with E-state index in [-0.39, 0.29) is 0 Å². The molecule has 0 spiro atoms. The maximum absolute atomic E-state index is 9.82. The molecule has 0 radical (unpaired) electrons. The van der Waals surface area contributed by atoms with Gasteiger partial charge in [0.2, 0.25) is 0 Å². The Morgan fingerprint density at radius 3 is 2.91 bits per heavy atom. The largest absolute Gasteiger partial charge is 0.384 e. The van der Waals surface area contributed by atoms with Crippen molar-refractivity contribution in [3.63, 3.8) is 0 Å². The Balaban J connectivity index is 2.73. The van der Waals surface area contributed by atoms with Crippen molar-refractivity contribution < 1.29 is 5.11 Å². The van der Waals surface area contributed by atoms with Gasteiger partial charge in [-0.15, -0.1) is 0 Å². The van der Waals surface area contributed by atoms with Crippen LogP contribution >= 0.6 is 11.5 Å². The van der Waals surface area contributed by atoms with E-state index in [2.05, 4.69) is 11.3 Å².